The molecule has 6 heteroatoms. The predicted octanol–water partition coefficient (Wildman–Crippen LogP) is 0.959. The maximum Gasteiger partial charge on any atom is 0.204 e. The van der Waals surface area contributed by atoms with E-state index < -0.39 is 0 Å². The number of nitrogens with zero attached hydrogens (tertiary/aromatic N) is 4. The Balaban J connectivity index is 2.11. The Labute approximate surface area is 99.2 Å². The van der Waals surface area contributed by atoms with Crippen LogP contribution in [0.2, 0.25) is 0 Å². The van der Waals surface area contributed by atoms with Gasteiger partial charge in [0.25, 0.3) is 0 Å². The van der Waals surface area contributed by atoms with Crippen LogP contribution in [0.3, 0.4) is 0 Å². The van der Waals surface area contributed by atoms with E-state index in [0.717, 1.165) is 5.56 Å². The summed E-state index contributed by atoms with van der Waals surface area (Å²) in [6.07, 6.45) is -0.368. The molecule has 0 fully saturated rings. The van der Waals surface area contributed by atoms with Crippen LogP contribution in [0.5, 0.6) is 0 Å². The number of benzene rings is 1. The van der Waals surface area contributed by atoms with Crippen molar-refractivity contribution < 1.29 is 9.47 Å². The summed E-state index contributed by atoms with van der Waals surface area (Å²) in [6, 6.07) is 9.68. The highest BCUT2D eigenvalue weighted by atomic mass is 16.7. The van der Waals surface area contributed by atoms with E-state index in [9.17, 15) is 0 Å². The van der Waals surface area contributed by atoms with Crippen molar-refractivity contribution in [1.82, 2.24) is 20.2 Å². The highest BCUT2D eigenvalue weighted by Gasteiger charge is 2.10. The van der Waals surface area contributed by atoms with Gasteiger partial charge in [0.05, 0.1) is 0 Å². The normalized spacial score (nSPS) is 11.0. The van der Waals surface area contributed by atoms with E-state index in [1.54, 1.807) is 14.2 Å². The fourth-order valence-electron chi connectivity index (χ4n) is 1.40. The Morgan fingerprint density at radius 1 is 1.18 bits per heavy atom. The van der Waals surface area contributed by atoms with E-state index in [2.05, 4.69) is 15.4 Å². The number of methoxy groups -OCH3 is 2. The van der Waals surface area contributed by atoms with Crippen LogP contribution in [-0.4, -0.2) is 40.7 Å². The number of rotatable bonds is 5. The first-order valence-corrected chi connectivity index (χ1v) is 5.22. The van der Waals surface area contributed by atoms with Crippen LogP contribution in [0.15, 0.2) is 30.3 Å². The van der Waals surface area contributed by atoms with E-state index in [-0.39, 0.29) is 6.29 Å². The highest BCUT2D eigenvalue weighted by Crippen LogP contribution is 2.11. The minimum atomic E-state index is -0.368. The number of hydrogen-bond acceptors (Lipinski definition) is 5. The molecule has 0 aliphatic rings. The van der Waals surface area contributed by atoms with Gasteiger partial charge >= 0.3 is 0 Å². The second-order valence-corrected chi connectivity index (χ2v) is 3.43. The standard InChI is InChI=1S/C11H14N4O2/c1-16-10(17-2)8-15-13-11(12-14-15)9-6-4-3-5-7-9/h3-7,10H,8H2,1-2H3. The molecule has 2 aromatic rings. The van der Waals surface area contributed by atoms with E-state index in [1.165, 1.54) is 4.80 Å². The third kappa shape index (κ3) is 2.86. The summed E-state index contributed by atoms with van der Waals surface area (Å²) in [5.41, 5.74) is 0.935. The summed E-state index contributed by atoms with van der Waals surface area (Å²) in [7, 11) is 3.15. The molecule has 0 radical (unpaired) electrons. The highest BCUT2D eigenvalue weighted by molar-refractivity contribution is 5.52. The Bertz CT molecular complexity index is 454. The molecule has 1 aromatic carbocycles. The molecule has 2 rings (SSSR count). The largest absolute Gasteiger partial charge is 0.354 e. The van der Waals surface area contributed by atoms with E-state index in [1.807, 2.05) is 30.3 Å². The van der Waals surface area contributed by atoms with Gasteiger partial charge < -0.3 is 9.47 Å². The Morgan fingerprint density at radius 3 is 2.53 bits per heavy atom. The van der Waals surface area contributed by atoms with Gasteiger partial charge in [-0.15, -0.1) is 10.2 Å². The lowest BCUT2D eigenvalue weighted by atomic mass is 10.2. The van der Waals surface area contributed by atoms with Crippen LogP contribution in [0.25, 0.3) is 11.4 Å². The molecule has 0 amide bonds. The quantitative estimate of drug-likeness (QED) is 0.721. The average Bonchev–Trinajstić information content (AvgIpc) is 2.85. The number of tetrazole rings is 1. The third-order valence-electron chi connectivity index (χ3n) is 2.32. The first-order chi connectivity index (χ1) is 8.33. The van der Waals surface area contributed by atoms with Crippen LogP contribution in [0, 0.1) is 0 Å². The van der Waals surface area contributed by atoms with Crippen molar-refractivity contribution >= 4 is 0 Å². The van der Waals surface area contributed by atoms with Crippen molar-refractivity contribution in [2.75, 3.05) is 14.2 Å². The molecule has 6 nitrogen and oxygen atoms in total. The van der Waals surface area contributed by atoms with Gasteiger partial charge in [0, 0.05) is 19.8 Å². The molecule has 1 aromatic heterocycles. The summed E-state index contributed by atoms with van der Waals surface area (Å²) in [6.45, 7) is 0.410. The van der Waals surface area contributed by atoms with E-state index in [0.29, 0.717) is 12.4 Å². The van der Waals surface area contributed by atoms with Gasteiger partial charge in [0.1, 0.15) is 6.54 Å². The van der Waals surface area contributed by atoms with Crippen molar-refractivity contribution in [2.45, 2.75) is 12.8 Å². The van der Waals surface area contributed by atoms with Crippen LogP contribution in [-0.2, 0) is 16.0 Å². The fourth-order valence-corrected chi connectivity index (χ4v) is 1.40. The molecule has 0 aliphatic carbocycles. The molecule has 0 aliphatic heterocycles. The Hall–Kier alpha value is -1.79. The maximum absolute atomic E-state index is 5.07. The minimum Gasteiger partial charge on any atom is -0.354 e. The van der Waals surface area contributed by atoms with Gasteiger partial charge in [-0.05, 0) is 5.21 Å². The number of aromatic nitrogens is 4. The molecule has 0 saturated carbocycles. The lowest BCUT2D eigenvalue weighted by Gasteiger charge is -2.10. The predicted molar refractivity (Wildman–Crippen MR) is 61.1 cm³/mol. The number of hydrogen-bond donors (Lipinski definition) is 0. The summed E-state index contributed by atoms with van der Waals surface area (Å²) in [4.78, 5) is 1.46. The molecule has 1 heterocycles. The molecule has 0 spiro atoms. The van der Waals surface area contributed by atoms with Crippen LogP contribution < -0.4 is 0 Å². The molecule has 0 atom stereocenters. The molecule has 0 N–H and O–H groups in total. The molecular formula is C11H14N4O2. The van der Waals surface area contributed by atoms with Gasteiger partial charge in [-0.3, -0.25) is 0 Å². The summed E-state index contributed by atoms with van der Waals surface area (Å²) >= 11 is 0. The van der Waals surface area contributed by atoms with Crippen molar-refractivity contribution in [2.24, 2.45) is 0 Å². The smallest absolute Gasteiger partial charge is 0.204 e. The molecule has 0 unspecified atom stereocenters. The topological polar surface area (TPSA) is 62.1 Å². The molecule has 90 valence electrons. The second-order valence-electron chi connectivity index (χ2n) is 3.43. The molecule has 17 heavy (non-hydrogen) atoms. The summed E-state index contributed by atoms with van der Waals surface area (Å²) in [5, 5.41) is 12.2. The van der Waals surface area contributed by atoms with Crippen LogP contribution >= 0.6 is 0 Å². The zero-order valence-electron chi connectivity index (χ0n) is 9.78. The minimum absolute atomic E-state index is 0.368. The van der Waals surface area contributed by atoms with Crippen LogP contribution in [0.1, 0.15) is 0 Å². The van der Waals surface area contributed by atoms with Gasteiger partial charge in [-0.2, -0.15) is 4.80 Å². The van der Waals surface area contributed by atoms with Crippen molar-refractivity contribution in [1.29, 1.82) is 0 Å². The van der Waals surface area contributed by atoms with Gasteiger partial charge in [0.2, 0.25) is 5.82 Å². The zero-order valence-corrected chi connectivity index (χ0v) is 9.78. The average molecular weight is 234 g/mol. The molecule has 0 saturated heterocycles. The third-order valence-corrected chi connectivity index (χ3v) is 2.32. The molecular weight excluding hydrogens is 220 g/mol. The van der Waals surface area contributed by atoms with Gasteiger partial charge in [-0.1, -0.05) is 30.3 Å². The van der Waals surface area contributed by atoms with Crippen molar-refractivity contribution in [3.63, 3.8) is 0 Å². The van der Waals surface area contributed by atoms with Gasteiger partial charge in [0.15, 0.2) is 6.29 Å². The SMILES string of the molecule is COC(Cn1nnc(-c2ccccc2)n1)OC. The Kier molecular flexibility index (Phi) is 3.79. The lowest BCUT2D eigenvalue weighted by molar-refractivity contribution is -0.114. The van der Waals surface area contributed by atoms with Crippen molar-refractivity contribution in [3.8, 4) is 11.4 Å². The first-order valence-electron chi connectivity index (χ1n) is 5.22. The monoisotopic (exact) mass is 234 g/mol. The Morgan fingerprint density at radius 2 is 1.88 bits per heavy atom. The second kappa shape index (κ2) is 5.51. The molecule has 0 bridgehead atoms. The van der Waals surface area contributed by atoms with E-state index >= 15 is 0 Å². The summed E-state index contributed by atoms with van der Waals surface area (Å²) < 4.78 is 10.1. The van der Waals surface area contributed by atoms with Gasteiger partial charge in [-0.25, -0.2) is 0 Å². The van der Waals surface area contributed by atoms with Crippen LogP contribution in [0.4, 0.5) is 0 Å². The zero-order chi connectivity index (χ0) is 12.1. The van der Waals surface area contributed by atoms with E-state index in [4.69, 9.17) is 9.47 Å². The number of ether oxygens (including phenoxy) is 2. The first kappa shape index (κ1) is 11.7. The summed E-state index contributed by atoms with van der Waals surface area (Å²) in [5.74, 6) is 0.594. The van der Waals surface area contributed by atoms with Crippen molar-refractivity contribution in [3.05, 3.63) is 30.3 Å². The fraction of sp³-hybridized carbons (Fsp3) is 0.364. The lowest BCUT2D eigenvalue weighted by Crippen LogP contribution is -2.22. The maximum atomic E-state index is 5.07.